The summed E-state index contributed by atoms with van der Waals surface area (Å²) in [6.07, 6.45) is 8.02. The Morgan fingerprint density at radius 2 is 1.79 bits per heavy atom. The summed E-state index contributed by atoms with van der Waals surface area (Å²) in [7, 11) is 2.15. The molecule has 0 spiro atoms. The number of rotatable bonds is 9. The van der Waals surface area contributed by atoms with Crippen LogP contribution in [0.3, 0.4) is 0 Å². The SMILES string of the molecule is CCc1c(N2CCN(C(=O)c3cccc(N4CCN(C)CC4)c3)[C@H]3CC[C@@H]32)c(=O)c2nn(C3=CCOCC3)nc2n1CC(=O)NC12CC(C(C)C)(C1)C2. The van der Waals surface area contributed by atoms with E-state index in [0.717, 1.165) is 75.4 Å². The van der Waals surface area contributed by atoms with Gasteiger partial charge in [-0.2, -0.15) is 4.80 Å². The van der Waals surface area contributed by atoms with Crippen molar-refractivity contribution in [2.24, 2.45) is 11.3 Å². The molecule has 0 radical (unpaired) electrons. The first-order valence-electron chi connectivity index (χ1n) is 19.8. The molecule has 5 heterocycles. The van der Waals surface area contributed by atoms with Crippen LogP contribution in [0.4, 0.5) is 11.4 Å². The second-order valence-corrected chi connectivity index (χ2v) is 16.9. The fraction of sp³-hybridized carbons (Fsp3) is 0.625. The van der Waals surface area contributed by atoms with Crippen molar-refractivity contribution in [3.05, 3.63) is 51.8 Å². The molecule has 4 saturated carbocycles. The lowest BCUT2D eigenvalue weighted by atomic mass is 9.36. The van der Waals surface area contributed by atoms with E-state index in [2.05, 4.69) is 47.0 Å². The molecule has 1 N–H and O–H groups in total. The summed E-state index contributed by atoms with van der Waals surface area (Å²) in [5, 5.41) is 13.0. The van der Waals surface area contributed by atoms with E-state index in [1.54, 1.807) is 4.80 Å². The Morgan fingerprint density at radius 1 is 1.02 bits per heavy atom. The lowest BCUT2D eigenvalue weighted by molar-refractivity contribution is -0.187. The zero-order valence-electron chi connectivity index (χ0n) is 31.6. The Labute approximate surface area is 310 Å². The van der Waals surface area contributed by atoms with E-state index in [1.165, 1.54) is 0 Å². The Balaban J connectivity index is 1.02. The van der Waals surface area contributed by atoms with Gasteiger partial charge in [0.05, 0.1) is 25.0 Å². The maximum absolute atomic E-state index is 14.6. The number of pyridine rings is 1. The smallest absolute Gasteiger partial charge is 0.254 e. The van der Waals surface area contributed by atoms with E-state index in [-0.39, 0.29) is 46.9 Å². The van der Waals surface area contributed by atoms with Crippen LogP contribution in [0.15, 0.2) is 35.1 Å². The average Bonchev–Trinajstić information content (AvgIpc) is 3.57. The molecule has 6 fully saturated rings. The van der Waals surface area contributed by atoms with Gasteiger partial charge in [0.1, 0.15) is 12.2 Å². The van der Waals surface area contributed by atoms with Gasteiger partial charge in [-0.3, -0.25) is 14.4 Å². The maximum atomic E-state index is 14.6. The van der Waals surface area contributed by atoms with Gasteiger partial charge in [-0.05, 0) is 81.2 Å². The van der Waals surface area contributed by atoms with Crippen LogP contribution in [0.5, 0.6) is 0 Å². The number of carbonyl (C=O) groups is 2. The van der Waals surface area contributed by atoms with E-state index < -0.39 is 0 Å². The largest absolute Gasteiger partial charge is 0.377 e. The lowest BCUT2D eigenvalue weighted by Gasteiger charge is -2.72. The van der Waals surface area contributed by atoms with Crippen LogP contribution in [-0.4, -0.2) is 118 Å². The molecule has 3 aliphatic heterocycles. The minimum absolute atomic E-state index is 0.000674. The third-order valence-electron chi connectivity index (χ3n) is 13.5. The number of ether oxygens (including phenoxy) is 1. The first kappa shape index (κ1) is 34.5. The Kier molecular flexibility index (Phi) is 8.45. The minimum Gasteiger partial charge on any atom is -0.377 e. The van der Waals surface area contributed by atoms with Gasteiger partial charge >= 0.3 is 0 Å². The van der Waals surface area contributed by atoms with Crippen molar-refractivity contribution in [2.75, 3.05) is 69.3 Å². The average molecular weight is 724 g/mol. The van der Waals surface area contributed by atoms with Gasteiger partial charge in [-0.1, -0.05) is 26.8 Å². The number of benzene rings is 1. The fourth-order valence-corrected chi connectivity index (χ4v) is 10.2. The molecule has 1 aromatic carbocycles. The standard InChI is InChI=1S/C40H53N9O4/c1-5-30-35(46-17-18-47(32-10-9-31(32)46)38(52)27-7-6-8-29(21-27)45-15-13-44(4)14-16-45)36(51)34-37(43-49(42-34)28-11-19-53-20-12-28)48(30)22-33(50)41-40-23-39(24-40,25-40)26(2)3/h6-8,11,21,26,31-32H,5,9-10,12-20,22-25H2,1-4H3,(H,41,50)/t31-,32-,39?,40?/m0/s1. The minimum atomic E-state index is -0.156. The number of aromatic nitrogens is 4. The van der Waals surface area contributed by atoms with E-state index in [4.69, 9.17) is 14.9 Å². The summed E-state index contributed by atoms with van der Waals surface area (Å²) < 4.78 is 7.48. The second-order valence-electron chi connectivity index (χ2n) is 16.9. The predicted molar refractivity (Wildman–Crippen MR) is 204 cm³/mol. The number of hydrogen-bond acceptors (Lipinski definition) is 9. The molecule has 0 unspecified atom stereocenters. The monoisotopic (exact) mass is 723 g/mol. The number of piperazine rings is 2. The highest BCUT2D eigenvalue weighted by Gasteiger charge is 2.69. The van der Waals surface area contributed by atoms with Crippen molar-refractivity contribution in [2.45, 2.75) is 89.9 Å². The Bertz CT molecular complexity index is 2020. The van der Waals surface area contributed by atoms with Gasteiger partial charge in [0, 0.05) is 74.2 Å². The molecule has 2 atom stereocenters. The Morgan fingerprint density at radius 3 is 2.47 bits per heavy atom. The highest BCUT2D eigenvalue weighted by atomic mass is 16.5. The highest BCUT2D eigenvalue weighted by Crippen LogP contribution is 2.70. The summed E-state index contributed by atoms with van der Waals surface area (Å²) in [6.45, 7) is 12.7. The Hall–Kier alpha value is -4.23. The predicted octanol–water partition coefficient (Wildman–Crippen LogP) is 3.36. The van der Waals surface area contributed by atoms with Crippen LogP contribution in [0, 0.1) is 11.3 Å². The number of anilines is 2. The summed E-state index contributed by atoms with van der Waals surface area (Å²) in [5.41, 5.74) is 4.92. The summed E-state index contributed by atoms with van der Waals surface area (Å²) in [5.74, 6) is 0.612. The molecule has 3 aromatic rings. The van der Waals surface area contributed by atoms with Crippen LogP contribution in [0.2, 0.25) is 0 Å². The van der Waals surface area contributed by atoms with E-state index in [1.807, 2.05) is 40.7 Å². The number of likely N-dealkylation sites (N-methyl/N-ethyl adjacent to an activating group) is 1. The third kappa shape index (κ3) is 5.68. The molecular weight excluding hydrogens is 670 g/mol. The van der Waals surface area contributed by atoms with E-state index in [9.17, 15) is 14.4 Å². The van der Waals surface area contributed by atoms with E-state index in [0.29, 0.717) is 67.4 Å². The molecule has 10 rings (SSSR count). The van der Waals surface area contributed by atoms with Gasteiger partial charge < -0.3 is 34.2 Å². The van der Waals surface area contributed by atoms with Gasteiger partial charge in [0.25, 0.3) is 5.91 Å². The van der Waals surface area contributed by atoms with Crippen molar-refractivity contribution in [3.8, 4) is 0 Å². The maximum Gasteiger partial charge on any atom is 0.254 e. The second kappa shape index (κ2) is 13.0. The zero-order chi connectivity index (χ0) is 36.6. The van der Waals surface area contributed by atoms with Gasteiger partial charge in [-0.25, -0.2) is 0 Å². The number of nitrogens with one attached hydrogen (secondary N) is 1. The molecule has 2 saturated heterocycles. The molecule has 2 amide bonds. The lowest BCUT2D eigenvalue weighted by Crippen LogP contribution is -2.76. The normalized spacial score (nSPS) is 28.2. The number of fused-ring (bicyclic) bond motifs is 2. The molecule has 53 heavy (non-hydrogen) atoms. The molecule has 13 nitrogen and oxygen atoms in total. The number of nitrogens with zero attached hydrogens (tertiary/aromatic N) is 8. The number of carbonyl (C=O) groups excluding carboxylic acids is 2. The van der Waals surface area contributed by atoms with Gasteiger partial charge in [0.2, 0.25) is 11.3 Å². The molecule has 7 aliphatic rings. The molecular formula is C40H53N9O4. The molecule has 4 aliphatic carbocycles. The van der Waals surface area contributed by atoms with E-state index >= 15 is 0 Å². The quantitative estimate of drug-likeness (QED) is 0.355. The van der Waals surface area contributed by atoms with Crippen molar-refractivity contribution in [1.82, 2.24) is 34.7 Å². The third-order valence-corrected chi connectivity index (χ3v) is 13.5. The first-order valence-corrected chi connectivity index (χ1v) is 19.8. The highest BCUT2D eigenvalue weighted by molar-refractivity contribution is 5.96. The van der Waals surface area contributed by atoms with Crippen LogP contribution < -0.4 is 20.5 Å². The summed E-state index contributed by atoms with van der Waals surface area (Å²) in [6, 6.07) is 8.09. The topological polar surface area (TPSA) is 121 Å². The van der Waals surface area contributed by atoms with Gasteiger partial charge in [-0.15, -0.1) is 10.2 Å². The van der Waals surface area contributed by atoms with Crippen molar-refractivity contribution >= 4 is 40.1 Å². The molecule has 282 valence electrons. The first-order chi connectivity index (χ1) is 25.6. The van der Waals surface area contributed by atoms with Gasteiger partial charge in [0.15, 0.2) is 11.2 Å². The number of hydrogen-bond donors (Lipinski definition) is 1. The van der Waals surface area contributed by atoms with Crippen LogP contribution in [0.25, 0.3) is 16.9 Å². The fourth-order valence-electron chi connectivity index (χ4n) is 10.2. The molecule has 2 bridgehead atoms. The van der Waals surface area contributed by atoms with Crippen molar-refractivity contribution in [1.29, 1.82) is 0 Å². The summed E-state index contributed by atoms with van der Waals surface area (Å²) in [4.78, 5) is 53.2. The van der Waals surface area contributed by atoms with Crippen LogP contribution in [0.1, 0.15) is 75.3 Å². The zero-order valence-corrected chi connectivity index (χ0v) is 31.6. The van der Waals surface area contributed by atoms with Crippen molar-refractivity contribution < 1.29 is 14.3 Å². The van der Waals surface area contributed by atoms with Crippen LogP contribution in [-0.2, 0) is 22.5 Å². The summed E-state index contributed by atoms with van der Waals surface area (Å²) >= 11 is 0. The van der Waals surface area contributed by atoms with Crippen LogP contribution >= 0.6 is 0 Å². The van der Waals surface area contributed by atoms with Crippen molar-refractivity contribution in [3.63, 3.8) is 0 Å². The number of amides is 2. The molecule has 2 aromatic heterocycles. The molecule has 13 heteroatoms.